The van der Waals surface area contributed by atoms with Crippen LogP contribution in [-0.4, -0.2) is 28.8 Å². The third-order valence-electron chi connectivity index (χ3n) is 2.86. The number of hydrogen-bond donors (Lipinski definition) is 2. The molecule has 6 heteroatoms. The van der Waals surface area contributed by atoms with E-state index in [0.717, 1.165) is 23.4 Å². The van der Waals surface area contributed by atoms with Gasteiger partial charge in [0.05, 0.1) is 17.6 Å². The van der Waals surface area contributed by atoms with Crippen LogP contribution >= 0.6 is 0 Å². The second-order valence-corrected chi connectivity index (χ2v) is 4.11. The van der Waals surface area contributed by atoms with Crippen molar-refractivity contribution in [3.05, 3.63) is 30.1 Å². The van der Waals surface area contributed by atoms with Gasteiger partial charge in [0.15, 0.2) is 0 Å². The summed E-state index contributed by atoms with van der Waals surface area (Å²) in [5.74, 6) is 0.975. The SMILES string of the molecule is CCn1c(CNCCOC(N)=O)nc2ccccc21. The molecule has 1 aromatic heterocycles. The molecule has 6 nitrogen and oxygen atoms in total. The number of hydrogen-bond acceptors (Lipinski definition) is 4. The quantitative estimate of drug-likeness (QED) is 0.767. The maximum absolute atomic E-state index is 10.4. The minimum atomic E-state index is -0.748. The highest BCUT2D eigenvalue weighted by molar-refractivity contribution is 5.75. The molecule has 0 fully saturated rings. The van der Waals surface area contributed by atoms with Gasteiger partial charge in [-0.25, -0.2) is 9.78 Å². The van der Waals surface area contributed by atoms with Gasteiger partial charge in [0.2, 0.25) is 0 Å². The Kier molecular flexibility index (Phi) is 4.35. The first-order chi connectivity index (χ1) is 9.22. The van der Waals surface area contributed by atoms with Crippen LogP contribution in [0, 0.1) is 0 Å². The molecule has 102 valence electrons. The molecule has 0 bridgehead atoms. The predicted molar refractivity (Wildman–Crippen MR) is 72.6 cm³/mol. The lowest BCUT2D eigenvalue weighted by molar-refractivity contribution is 0.157. The number of benzene rings is 1. The average molecular weight is 262 g/mol. The van der Waals surface area contributed by atoms with Crippen LogP contribution in [0.1, 0.15) is 12.7 Å². The fourth-order valence-electron chi connectivity index (χ4n) is 2.04. The molecule has 0 spiro atoms. The van der Waals surface area contributed by atoms with Gasteiger partial charge in [-0.1, -0.05) is 12.1 Å². The van der Waals surface area contributed by atoms with Gasteiger partial charge in [-0.3, -0.25) is 0 Å². The van der Waals surface area contributed by atoms with E-state index in [0.29, 0.717) is 13.1 Å². The van der Waals surface area contributed by atoms with Crippen LogP contribution in [0.25, 0.3) is 11.0 Å². The first-order valence-corrected chi connectivity index (χ1v) is 6.29. The molecule has 0 aliphatic heterocycles. The lowest BCUT2D eigenvalue weighted by Crippen LogP contribution is -2.24. The third kappa shape index (κ3) is 3.23. The molecule has 2 rings (SSSR count). The summed E-state index contributed by atoms with van der Waals surface area (Å²) in [4.78, 5) is 15.0. The van der Waals surface area contributed by atoms with Crippen molar-refractivity contribution in [3.63, 3.8) is 0 Å². The summed E-state index contributed by atoms with van der Waals surface area (Å²) in [7, 11) is 0. The molecule has 0 atom stereocenters. The van der Waals surface area contributed by atoms with Crippen LogP contribution in [0.4, 0.5) is 4.79 Å². The number of imidazole rings is 1. The number of nitrogens with zero attached hydrogens (tertiary/aromatic N) is 2. The van der Waals surface area contributed by atoms with E-state index in [9.17, 15) is 4.79 Å². The molecular weight excluding hydrogens is 244 g/mol. The van der Waals surface area contributed by atoms with Crippen molar-refractivity contribution in [2.45, 2.75) is 20.0 Å². The Balaban J connectivity index is 1.98. The maximum atomic E-state index is 10.4. The van der Waals surface area contributed by atoms with Crippen molar-refractivity contribution in [3.8, 4) is 0 Å². The van der Waals surface area contributed by atoms with Gasteiger partial charge in [0.1, 0.15) is 12.4 Å². The largest absolute Gasteiger partial charge is 0.448 e. The van der Waals surface area contributed by atoms with E-state index in [1.165, 1.54) is 0 Å². The lowest BCUT2D eigenvalue weighted by Gasteiger charge is -2.07. The maximum Gasteiger partial charge on any atom is 0.404 e. The summed E-state index contributed by atoms with van der Waals surface area (Å²) in [5, 5.41) is 3.18. The normalized spacial score (nSPS) is 10.8. The molecule has 0 aliphatic rings. The van der Waals surface area contributed by atoms with E-state index < -0.39 is 6.09 Å². The highest BCUT2D eigenvalue weighted by Gasteiger charge is 2.08. The Morgan fingerprint density at radius 1 is 1.47 bits per heavy atom. The Hall–Kier alpha value is -2.08. The fourth-order valence-corrected chi connectivity index (χ4v) is 2.04. The monoisotopic (exact) mass is 262 g/mol. The number of nitrogens with two attached hydrogens (primary N) is 1. The molecule has 0 saturated heterocycles. The Morgan fingerprint density at radius 2 is 2.26 bits per heavy atom. The van der Waals surface area contributed by atoms with Crippen LogP contribution in [0.3, 0.4) is 0 Å². The molecule has 0 radical (unpaired) electrons. The topological polar surface area (TPSA) is 82.2 Å². The number of primary amides is 1. The van der Waals surface area contributed by atoms with Crippen molar-refractivity contribution in [2.24, 2.45) is 5.73 Å². The molecule has 1 heterocycles. The molecule has 0 saturated carbocycles. The predicted octanol–water partition coefficient (Wildman–Crippen LogP) is 1.24. The fraction of sp³-hybridized carbons (Fsp3) is 0.385. The van der Waals surface area contributed by atoms with Gasteiger partial charge in [-0.15, -0.1) is 0 Å². The van der Waals surface area contributed by atoms with E-state index in [-0.39, 0.29) is 6.61 Å². The summed E-state index contributed by atoms with van der Waals surface area (Å²) < 4.78 is 6.81. The lowest BCUT2D eigenvalue weighted by atomic mass is 10.3. The number of aryl methyl sites for hydroxylation is 1. The number of nitrogens with one attached hydrogen (secondary N) is 1. The zero-order valence-electron chi connectivity index (χ0n) is 10.9. The first-order valence-electron chi connectivity index (χ1n) is 6.29. The number of carbonyl (C=O) groups is 1. The van der Waals surface area contributed by atoms with Gasteiger partial charge in [-0.05, 0) is 19.1 Å². The van der Waals surface area contributed by atoms with Crippen LogP contribution < -0.4 is 11.1 Å². The molecule has 0 unspecified atom stereocenters. The van der Waals surface area contributed by atoms with Crippen molar-refractivity contribution < 1.29 is 9.53 Å². The van der Waals surface area contributed by atoms with Crippen LogP contribution in [0.15, 0.2) is 24.3 Å². The van der Waals surface area contributed by atoms with Crippen molar-refractivity contribution in [1.29, 1.82) is 0 Å². The molecular formula is C13H18N4O2. The number of ether oxygens (including phenoxy) is 1. The standard InChI is InChI=1S/C13H18N4O2/c1-2-17-11-6-4-3-5-10(11)16-12(17)9-15-7-8-19-13(14)18/h3-6,15H,2,7-9H2,1H3,(H2,14,18). The zero-order chi connectivity index (χ0) is 13.7. The highest BCUT2D eigenvalue weighted by atomic mass is 16.5. The average Bonchev–Trinajstić information content (AvgIpc) is 2.75. The van der Waals surface area contributed by atoms with Gasteiger partial charge in [0, 0.05) is 13.1 Å². The van der Waals surface area contributed by atoms with E-state index in [2.05, 4.69) is 32.6 Å². The molecule has 1 aromatic carbocycles. The highest BCUT2D eigenvalue weighted by Crippen LogP contribution is 2.15. The Labute approximate surface area is 111 Å². The van der Waals surface area contributed by atoms with Crippen molar-refractivity contribution in [2.75, 3.05) is 13.2 Å². The van der Waals surface area contributed by atoms with Crippen LogP contribution in [0.2, 0.25) is 0 Å². The smallest absolute Gasteiger partial charge is 0.404 e. The van der Waals surface area contributed by atoms with Crippen molar-refractivity contribution >= 4 is 17.1 Å². The molecule has 3 N–H and O–H groups in total. The number of amides is 1. The number of rotatable bonds is 6. The molecule has 19 heavy (non-hydrogen) atoms. The second-order valence-electron chi connectivity index (χ2n) is 4.11. The number of para-hydroxylation sites is 2. The van der Waals surface area contributed by atoms with Gasteiger partial charge in [-0.2, -0.15) is 0 Å². The van der Waals surface area contributed by atoms with Crippen LogP contribution in [0.5, 0.6) is 0 Å². The van der Waals surface area contributed by atoms with Gasteiger partial charge in [0.25, 0.3) is 0 Å². The summed E-state index contributed by atoms with van der Waals surface area (Å²) in [6.45, 7) is 4.41. The van der Waals surface area contributed by atoms with E-state index in [4.69, 9.17) is 5.73 Å². The van der Waals surface area contributed by atoms with Gasteiger partial charge < -0.3 is 20.4 Å². The van der Waals surface area contributed by atoms with E-state index in [1.807, 2.05) is 18.2 Å². The molecule has 2 aromatic rings. The minimum Gasteiger partial charge on any atom is -0.448 e. The Morgan fingerprint density at radius 3 is 3.00 bits per heavy atom. The molecule has 1 amide bonds. The second kappa shape index (κ2) is 6.19. The van der Waals surface area contributed by atoms with E-state index in [1.54, 1.807) is 0 Å². The number of aromatic nitrogens is 2. The third-order valence-corrected chi connectivity index (χ3v) is 2.86. The van der Waals surface area contributed by atoms with E-state index >= 15 is 0 Å². The van der Waals surface area contributed by atoms with Crippen LogP contribution in [-0.2, 0) is 17.8 Å². The summed E-state index contributed by atoms with van der Waals surface area (Å²) >= 11 is 0. The summed E-state index contributed by atoms with van der Waals surface area (Å²) in [6.07, 6.45) is -0.748. The molecule has 0 aliphatic carbocycles. The number of fused-ring (bicyclic) bond motifs is 1. The summed E-state index contributed by atoms with van der Waals surface area (Å²) in [6, 6.07) is 8.05. The zero-order valence-corrected chi connectivity index (χ0v) is 10.9. The minimum absolute atomic E-state index is 0.266. The van der Waals surface area contributed by atoms with Crippen molar-refractivity contribution in [1.82, 2.24) is 14.9 Å². The summed E-state index contributed by atoms with van der Waals surface area (Å²) in [5.41, 5.74) is 7.01. The Bertz CT molecular complexity index is 565. The first kappa shape index (κ1) is 13.4. The van der Waals surface area contributed by atoms with Gasteiger partial charge >= 0.3 is 6.09 Å². The number of carbonyl (C=O) groups excluding carboxylic acids is 1.